The molecule has 0 aliphatic carbocycles. The summed E-state index contributed by atoms with van der Waals surface area (Å²) in [5, 5.41) is 4.04. The first-order chi connectivity index (χ1) is 9.19. The van der Waals surface area contributed by atoms with E-state index in [0.29, 0.717) is 5.02 Å². The molecule has 0 radical (unpaired) electrons. The van der Waals surface area contributed by atoms with Gasteiger partial charge in [0, 0.05) is 20.3 Å². The SMILES string of the molecule is CCc1ccc(C(NC)c2ccc(Cl)cc2OC)s1. The van der Waals surface area contributed by atoms with Gasteiger partial charge in [-0.2, -0.15) is 0 Å². The highest BCUT2D eigenvalue weighted by atomic mass is 35.5. The summed E-state index contributed by atoms with van der Waals surface area (Å²) in [6, 6.07) is 10.3. The molecule has 1 aromatic carbocycles. The summed E-state index contributed by atoms with van der Waals surface area (Å²) in [4.78, 5) is 2.68. The van der Waals surface area contributed by atoms with Crippen molar-refractivity contribution in [2.45, 2.75) is 19.4 Å². The number of hydrogen-bond acceptors (Lipinski definition) is 3. The van der Waals surface area contributed by atoms with Gasteiger partial charge in [0.05, 0.1) is 13.2 Å². The molecule has 0 saturated heterocycles. The lowest BCUT2D eigenvalue weighted by atomic mass is 10.0. The van der Waals surface area contributed by atoms with Gasteiger partial charge >= 0.3 is 0 Å². The number of ether oxygens (including phenoxy) is 1. The minimum atomic E-state index is 0.137. The maximum Gasteiger partial charge on any atom is 0.125 e. The van der Waals surface area contributed by atoms with Crippen LogP contribution in [-0.2, 0) is 6.42 Å². The second-order valence-electron chi connectivity index (χ2n) is 4.27. The predicted octanol–water partition coefficient (Wildman–Crippen LogP) is 4.28. The number of methoxy groups -OCH3 is 1. The molecular formula is C15H18ClNOS. The number of aryl methyl sites for hydroxylation is 1. The van der Waals surface area contributed by atoms with E-state index in [0.717, 1.165) is 17.7 Å². The molecule has 2 nitrogen and oxygen atoms in total. The van der Waals surface area contributed by atoms with Crippen LogP contribution in [0.2, 0.25) is 5.02 Å². The van der Waals surface area contributed by atoms with Gasteiger partial charge in [0.2, 0.25) is 0 Å². The molecule has 0 amide bonds. The molecule has 102 valence electrons. The largest absolute Gasteiger partial charge is 0.496 e. The molecule has 0 bridgehead atoms. The standard InChI is InChI=1S/C15H18ClNOS/c1-4-11-6-8-14(19-11)15(17-2)12-7-5-10(16)9-13(12)18-3/h5-9,15,17H,4H2,1-3H3. The van der Waals surface area contributed by atoms with E-state index in [9.17, 15) is 0 Å². The van der Waals surface area contributed by atoms with Gasteiger partial charge in [-0.1, -0.05) is 24.6 Å². The third kappa shape index (κ3) is 3.11. The van der Waals surface area contributed by atoms with Crippen LogP contribution in [0.15, 0.2) is 30.3 Å². The summed E-state index contributed by atoms with van der Waals surface area (Å²) >= 11 is 7.85. The Bertz CT molecular complexity index is 553. The Morgan fingerprint density at radius 3 is 2.68 bits per heavy atom. The maximum atomic E-state index is 6.02. The van der Waals surface area contributed by atoms with Crippen molar-refractivity contribution < 1.29 is 4.74 Å². The smallest absolute Gasteiger partial charge is 0.125 e. The Morgan fingerprint density at radius 1 is 1.32 bits per heavy atom. The first-order valence-corrected chi connectivity index (χ1v) is 7.48. The number of benzene rings is 1. The van der Waals surface area contributed by atoms with Crippen LogP contribution in [0.5, 0.6) is 5.75 Å². The zero-order chi connectivity index (χ0) is 13.8. The van der Waals surface area contributed by atoms with Crippen molar-refractivity contribution in [1.29, 1.82) is 0 Å². The van der Waals surface area contributed by atoms with Gasteiger partial charge in [-0.05, 0) is 37.7 Å². The zero-order valence-electron chi connectivity index (χ0n) is 11.4. The van der Waals surface area contributed by atoms with Crippen LogP contribution in [0, 0.1) is 0 Å². The number of nitrogens with one attached hydrogen (secondary N) is 1. The summed E-state index contributed by atoms with van der Waals surface area (Å²) in [5.41, 5.74) is 1.11. The van der Waals surface area contributed by atoms with E-state index in [1.54, 1.807) is 7.11 Å². The average Bonchev–Trinajstić information content (AvgIpc) is 2.89. The summed E-state index contributed by atoms with van der Waals surface area (Å²) in [6.07, 6.45) is 1.07. The fourth-order valence-corrected chi connectivity index (χ4v) is 3.36. The van der Waals surface area contributed by atoms with Gasteiger partial charge in [0.15, 0.2) is 0 Å². The Kier molecular flexibility index (Phi) is 4.86. The highest BCUT2D eigenvalue weighted by Gasteiger charge is 2.18. The lowest BCUT2D eigenvalue weighted by molar-refractivity contribution is 0.406. The quantitative estimate of drug-likeness (QED) is 0.889. The molecule has 0 fully saturated rings. The summed E-state index contributed by atoms with van der Waals surface area (Å²) in [5.74, 6) is 0.818. The van der Waals surface area contributed by atoms with Gasteiger partial charge in [0.1, 0.15) is 5.75 Å². The van der Waals surface area contributed by atoms with Crippen molar-refractivity contribution in [2.24, 2.45) is 0 Å². The van der Waals surface area contributed by atoms with Crippen LogP contribution < -0.4 is 10.1 Å². The minimum absolute atomic E-state index is 0.137. The van der Waals surface area contributed by atoms with E-state index >= 15 is 0 Å². The maximum absolute atomic E-state index is 6.02. The summed E-state index contributed by atoms with van der Waals surface area (Å²) in [7, 11) is 3.64. The molecule has 1 heterocycles. The number of thiophene rings is 1. The molecular weight excluding hydrogens is 278 g/mol. The molecule has 0 aliphatic heterocycles. The molecule has 19 heavy (non-hydrogen) atoms. The number of hydrogen-bond donors (Lipinski definition) is 1. The number of rotatable bonds is 5. The van der Waals surface area contributed by atoms with Crippen molar-refractivity contribution in [2.75, 3.05) is 14.2 Å². The molecule has 2 rings (SSSR count). The van der Waals surface area contributed by atoms with E-state index in [1.165, 1.54) is 9.75 Å². The van der Waals surface area contributed by atoms with Crippen LogP contribution in [0.3, 0.4) is 0 Å². The second kappa shape index (κ2) is 6.42. The third-order valence-corrected chi connectivity index (χ3v) is 4.64. The van der Waals surface area contributed by atoms with Crippen LogP contribution in [0.4, 0.5) is 0 Å². The van der Waals surface area contributed by atoms with Gasteiger partial charge in [-0.15, -0.1) is 11.3 Å². The topological polar surface area (TPSA) is 21.3 Å². The molecule has 0 saturated carbocycles. The van der Waals surface area contributed by atoms with E-state index in [4.69, 9.17) is 16.3 Å². The predicted molar refractivity (Wildman–Crippen MR) is 82.6 cm³/mol. The van der Waals surface area contributed by atoms with Crippen molar-refractivity contribution in [3.63, 3.8) is 0 Å². The van der Waals surface area contributed by atoms with Gasteiger partial charge in [-0.3, -0.25) is 0 Å². The summed E-state index contributed by atoms with van der Waals surface area (Å²) in [6.45, 7) is 2.17. The molecule has 0 spiro atoms. The first kappa shape index (κ1) is 14.4. The molecule has 0 aliphatic rings. The van der Waals surface area contributed by atoms with Crippen LogP contribution in [0.25, 0.3) is 0 Å². The van der Waals surface area contributed by atoms with E-state index in [-0.39, 0.29) is 6.04 Å². The Labute approximate surface area is 123 Å². The van der Waals surface area contributed by atoms with Crippen LogP contribution >= 0.6 is 22.9 Å². The molecule has 1 atom stereocenters. The van der Waals surface area contributed by atoms with Crippen molar-refractivity contribution in [3.8, 4) is 5.75 Å². The van der Waals surface area contributed by atoms with Gasteiger partial charge in [-0.25, -0.2) is 0 Å². The van der Waals surface area contributed by atoms with E-state index in [2.05, 4.69) is 24.4 Å². The normalized spacial score (nSPS) is 12.4. The Hall–Kier alpha value is -1.03. The van der Waals surface area contributed by atoms with Gasteiger partial charge in [0.25, 0.3) is 0 Å². The molecule has 1 N–H and O–H groups in total. The van der Waals surface area contributed by atoms with Crippen LogP contribution in [0.1, 0.15) is 28.3 Å². The number of halogens is 1. The minimum Gasteiger partial charge on any atom is -0.496 e. The molecule has 2 aromatic rings. The molecule has 1 aromatic heterocycles. The lowest BCUT2D eigenvalue weighted by Gasteiger charge is -2.18. The van der Waals surface area contributed by atoms with Crippen molar-refractivity contribution in [1.82, 2.24) is 5.32 Å². The van der Waals surface area contributed by atoms with E-state index < -0.39 is 0 Å². The second-order valence-corrected chi connectivity index (χ2v) is 5.90. The first-order valence-electron chi connectivity index (χ1n) is 6.29. The van der Waals surface area contributed by atoms with Crippen molar-refractivity contribution in [3.05, 3.63) is 50.7 Å². The van der Waals surface area contributed by atoms with Gasteiger partial charge < -0.3 is 10.1 Å². The molecule has 1 unspecified atom stereocenters. The monoisotopic (exact) mass is 295 g/mol. The molecule has 4 heteroatoms. The third-order valence-electron chi connectivity index (χ3n) is 3.11. The van der Waals surface area contributed by atoms with Crippen LogP contribution in [-0.4, -0.2) is 14.2 Å². The fraction of sp³-hybridized carbons (Fsp3) is 0.333. The summed E-state index contributed by atoms with van der Waals surface area (Å²) < 4.78 is 5.44. The average molecular weight is 296 g/mol. The Balaban J connectivity index is 2.41. The highest BCUT2D eigenvalue weighted by Crippen LogP contribution is 2.35. The fourth-order valence-electron chi connectivity index (χ4n) is 2.11. The van der Waals surface area contributed by atoms with E-state index in [1.807, 2.05) is 36.6 Å². The highest BCUT2D eigenvalue weighted by molar-refractivity contribution is 7.12. The zero-order valence-corrected chi connectivity index (χ0v) is 12.9. The lowest BCUT2D eigenvalue weighted by Crippen LogP contribution is -2.17. The van der Waals surface area contributed by atoms with Crippen molar-refractivity contribution >= 4 is 22.9 Å². The Morgan fingerprint density at radius 2 is 2.11 bits per heavy atom.